The van der Waals surface area contributed by atoms with Gasteiger partial charge >= 0.3 is 0 Å². The van der Waals surface area contributed by atoms with E-state index in [1.165, 1.54) is 6.42 Å². The molecular formula is C14H26N2O2. The maximum atomic E-state index is 12.3. The summed E-state index contributed by atoms with van der Waals surface area (Å²) in [5, 5.41) is 10.6. The Morgan fingerprint density at radius 3 is 2.78 bits per heavy atom. The summed E-state index contributed by atoms with van der Waals surface area (Å²) in [6, 6.07) is -0.107. The topological polar surface area (TPSA) is 66.6 Å². The number of amides is 1. The van der Waals surface area contributed by atoms with Gasteiger partial charge in [-0.1, -0.05) is 19.8 Å². The second-order valence-electron chi connectivity index (χ2n) is 6.23. The van der Waals surface area contributed by atoms with Gasteiger partial charge in [-0.2, -0.15) is 0 Å². The van der Waals surface area contributed by atoms with Gasteiger partial charge in [-0.25, -0.2) is 0 Å². The van der Waals surface area contributed by atoms with Crippen LogP contribution >= 0.6 is 0 Å². The van der Waals surface area contributed by atoms with Crippen LogP contribution < -0.4 is 5.73 Å². The molecular weight excluding hydrogens is 228 g/mol. The van der Waals surface area contributed by atoms with Crippen molar-refractivity contribution in [1.29, 1.82) is 0 Å². The maximum Gasteiger partial charge on any atom is 0.226 e. The molecule has 0 spiro atoms. The summed E-state index contributed by atoms with van der Waals surface area (Å²) in [7, 11) is 0. The van der Waals surface area contributed by atoms with Crippen LogP contribution in [0.5, 0.6) is 0 Å². The van der Waals surface area contributed by atoms with Gasteiger partial charge in [-0.15, -0.1) is 0 Å². The predicted octanol–water partition coefficient (Wildman–Crippen LogP) is 1.12. The first kappa shape index (κ1) is 13.8. The molecule has 4 nitrogen and oxygen atoms in total. The summed E-state index contributed by atoms with van der Waals surface area (Å²) >= 11 is 0. The molecule has 3 N–H and O–H groups in total. The first-order chi connectivity index (χ1) is 8.44. The van der Waals surface area contributed by atoms with E-state index in [0.29, 0.717) is 13.1 Å². The summed E-state index contributed by atoms with van der Waals surface area (Å²) in [6.07, 6.45) is 4.99. The Morgan fingerprint density at radius 2 is 2.11 bits per heavy atom. The fourth-order valence-corrected chi connectivity index (χ4v) is 3.28. The molecule has 18 heavy (non-hydrogen) atoms. The number of hydrogen-bond donors (Lipinski definition) is 2. The zero-order valence-electron chi connectivity index (χ0n) is 11.6. The van der Waals surface area contributed by atoms with E-state index in [9.17, 15) is 9.90 Å². The Hall–Kier alpha value is -0.610. The van der Waals surface area contributed by atoms with Crippen LogP contribution in [0.25, 0.3) is 0 Å². The molecule has 2 rings (SSSR count). The van der Waals surface area contributed by atoms with E-state index in [-0.39, 0.29) is 23.8 Å². The smallest absolute Gasteiger partial charge is 0.226 e. The fourth-order valence-electron chi connectivity index (χ4n) is 3.28. The number of nitrogens with zero attached hydrogens (tertiary/aromatic N) is 1. The van der Waals surface area contributed by atoms with E-state index < -0.39 is 5.60 Å². The fraction of sp³-hybridized carbons (Fsp3) is 0.929. The summed E-state index contributed by atoms with van der Waals surface area (Å²) in [4.78, 5) is 14.2. The number of carbonyl (C=O) groups is 1. The lowest BCUT2D eigenvalue weighted by molar-refractivity contribution is -0.147. The lowest BCUT2D eigenvalue weighted by Gasteiger charge is -2.48. The van der Waals surface area contributed by atoms with Crippen molar-refractivity contribution in [1.82, 2.24) is 4.90 Å². The van der Waals surface area contributed by atoms with E-state index in [0.717, 1.165) is 25.7 Å². The Balaban J connectivity index is 2.00. The normalized spacial score (nSPS) is 35.8. The zero-order chi connectivity index (χ0) is 13.3. The van der Waals surface area contributed by atoms with Crippen LogP contribution in [0.4, 0.5) is 0 Å². The quantitative estimate of drug-likeness (QED) is 0.776. The van der Waals surface area contributed by atoms with Gasteiger partial charge in [-0.05, 0) is 26.2 Å². The highest BCUT2D eigenvalue weighted by Crippen LogP contribution is 2.40. The summed E-state index contributed by atoms with van der Waals surface area (Å²) in [5.74, 6) is 0.293. The molecule has 1 aliphatic heterocycles. The average Bonchev–Trinajstić information content (AvgIpc) is 2.35. The van der Waals surface area contributed by atoms with E-state index >= 15 is 0 Å². The first-order valence-corrected chi connectivity index (χ1v) is 7.21. The molecule has 0 aromatic heterocycles. The van der Waals surface area contributed by atoms with Crippen molar-refractivity contribution in [2.75, 3.05) is 13.1 Å². The van der Waals surface area contributed by atoms with Crippen LogP contribution in [-0.2, 0) is 4.79 Å². The molecule has 1 aliphatic carbocycles. The van der Waals surface area contributed by atoms with Crippen LogP contribution in [0.3, 0.4) is 0 Å². The Bertz CT molecular complexity index is 319. The molecule has 1 amide bonds. The molecule has 0 bridgehead atoms. The second kappa shape index (κ2) is 5.17. The van der Waals surface area contributed by atoms with Gasteiger partial charge in [0.1, 0.15) is 0 Å². The monoisotopic (exact) mass is 254 g/mol. The molecule has 0 radical (unpaired) electrons. The highest BCUT2D eigenvalue weighted by atomic mass is 16.3. The van der Waals surface area contributed by atoms with Crippen LogP contribution in [0.1, 0.15) is 46.0 Å². The SMILES string of the molecule is CC(N)C(C)C(=O)N1CCC2(O)CCCCC2C1. The van der Waals surface area contributed by atoms with Crippen molar-refractivity contribution < 1.29 is 9.90 Å². The summed E-state index contributed by atoms with van der Waals surface area (Å²) in [5.41, 5.74) is 5.30. The number of nitrogens with two attached hydrogens (primary N) is 1. The molecule has 4 unspecified atom stereocenters. The highest BCUT2D eigenvalue weighted by molar-refractivity contribution is 5.79. The van der Waals surface area contributed by atoms with Crippen molar-refractivity contribution >= 4 is 5.91 Å². The Kier molecular flexibility index (Phi) is 3.97. The Morgan fingerprint density at radius 1 is 1.39 bits per heavy atom. The third-order valence-corrected chi connectivity index (χ3v) is 4.92. The maximum absolute atomic E-state index is 12.3. The second-order valence-corrected chi connectivity index (χ2v) is 6.23. The van der Waals surface area contributed by atoms with Crippen LogP contribution in [0.15, 0.2) is 0 Å². The van der Waals surface area contributed by atoms with Crippen molar-refractivity contribution in [3.63, 3.8) is 0 Å². The lowest BCUT2D eigenvalue weighted by atomic mass is 9.71. The number of likely N-dealkylation sites (tertiary alicyclic amines) is 1. The number of rotatable bonds is 2. The van der Waals surface area contributed by atoms with E-state index in [1.54, 1.807) is 0 Å². The largest absolute Gasteiger partial charge is 0.389 e. The van der Waals surface area contributed by atoms with Gasteiger partial charge in [0.2, 0.25) is 5.91 Å². The van der Waals surface area contributed by atoms with E-state index in [4.69, 9.17) is 5.73 Å². The van der Waals surface area contributed by atoms with Gasteiger partial charge in [-0.3, -0.25) is 4.79 Å². The molecule has 4 heteroatoms. The first-order valence-electron chi connectivity index (χ1n) is 7.21. The molecule has 2 aliphatic rings. The van der Waals surface area contributed by atoms with Gasteiger partial charge in [0.15, 0.2) is 0 Å². The van der Waals surface area contributed by atoms with Gasteiger partial charge in [0.25, 0.3) is 0 Å². The Labute approximate surface area is 110 Å². The molecule has 1 heterocycles. The minimum absolute atomic E-state index is 0.107. The predicted molar refractivity (Wildman–Crippen MR) is 70.9 cm³/mol. The zero-order valence-corrected chi connectivity index (χ0v) is 11.6. The van der Waals surface area contributed by atoms with Crippen LogP contribution in [-0.4, -0.2) is 40.6 Å². The molecule has 0 aromatic carbocycles. The van der Waals surface area contributed by atoms with Crippen molar-refractivity contribution in [3.8, 4) is 0 Å². The molecule has 1 saturated heterocycles. The molecule has 1 saturated carbocycles. The van der Waals surface area contributed by atoms with Crippen molar-refractivity contribution in [2.24, 2.45) is 17.6 Å². The minimum atomic E-state index is -0.507. The van der Waals surface area contributed by atoms with Crippen LogP contribution in [0, 0.1) is 11.8 Å². The van der Waals surface area contributed by atoms with Crippen LogP contribution in [0.2, 0.25) is 0 Å². The average molecular weight is 254 g/mol. The standard InChI is InChI=1S/C14H26N2O2/c1-10(11(2)15)13(17)16-8-7-14(18)6-4-3-5-12(14)9-16/h10-12,18H,3-9,15H2,1-2H3. The summed E-state index contributed by atoms with van der Waals surface area (Å²) in [6.45, 7) is 5.17. The van der Waals surface area contributed by atoms with E-state index in [2.05, 4.69) is 0 Å². The molecule has 2 fully saturated rings. The molecule has 104 valence electrons. The molecule has 0 aromatic rings. The van der Waals surface area contributed by atoms with Gasteiger partial charge in [0.05, 0.1) is 11.5 Å². The van der Waals surface area contributed by atoms with Gasteiger partial charge < -0.3 is 15.7 Å². The number of fused-ring (bicyclic) bond motifs is 1. The van der Waals surface area contributed by atoms with Gasteiger partial charge in [0, 0.05) is 25.0 Å². The lowest BCUT2D eigenvalue weighted by Crippen LogP contribution is -2.56. The number of piperidine rings is 1. The minimum Gasteiger partial charge on any atom is -0.389 e. The molecule has 4 atom stereocenters. The van der Waals surface area contributed by atoms with Crippen molar-refractivity contribution in [2.45, 2.75) is 57.6 Å². The van der Waals surface area contributed by atoms with E-state index in [1.807, 2.05) is 18.7 Å². The number of carbonyl (C=O) groups excluding carboxylic acids is 1. The third-order valence-electron chi connectivity index (χ3n) is 4.92. The number of aliphatic hydroxyl groups is 1. The highest BCUT2D eigenvalue weighted by Gasteiger charge is 2.44. The summed E-state index contributed by atoms with van der Waals surface area (Å²) < 4.78 is 0. The van der Waals surface area contributed by atoms with Crippen molar-refractivity contribution in [3.05, 3.63) is 0 Å². The number of hydrogen-bond acceptors (Lipinski definition) is 3. The third kappa shape index (κ3) is 2.54.